The van der Waals surface area contributed by atoms with Gasteiger partial charge in [0.1, 0.15) is 13.2 Å². The van der Waals surface area contributed by atoms with Crippen molar-refractivity contribution in [1.29, 1.82) is 0 Å². The summed E-state index contributed by atoms with van der Waals surface area (Å²) in [6.45, 7) is 8.25. The monoisotopic (exact) mass is 292 g/mol. The summed E-state index contributed by atoms with van der Waals surface area (Å²) in [7, 11) is 0. The highest BCUT2D eigenvalue weighted by Crippen LogP contribution is 2.30. The Balaban J connectivity index is 1.74. The molecule has 0 saturated heterocycles. The van der Waals surface area contributed by atoms with Crippen LogP contribution in [0.1, 0.15) is 26.3 Å². The Morgan fingerprint density at radius 2 is 1.90 bits per heavy atom. The predicted molar refractivity (Wildman–Crippen MR) is 81.9 cm³/mol. The fourth-order valence-corrected chi connectivity index (χ4v) is 2.00. The second kappa shape index (κ2) is 6.80. The van der Waals surface area contributed by atoms with Crippen molar-refractivity contribution in [3.8, 4) is 11.5 Å². The minimum Gasteiger partial charge on any atom is -0.486 e. The first kappa shape index (κ1) is 15.6. The molecule has 1 aliphatic rings. The summed E-state index contributed by atoms with van der Waals surface area (Å²) in [4.78, 5) is 11.7. The highest BCUT2D eigenvalue weighted by Gasteiger charge is 2.12. The van der Waals surface area contributed by atoms with Gasteiger partial charge >= 0.3 is 0 Å². The van der Waals surface area contributed by atoms with E-state index in [1.165, 1.54) is 0 Å². The highest BCUT2D eigenvalue weighted by atomic mass is 16.6. The molecule has 0 saturated carbocycles. The second-order valence-electron chi connectivity index (χ2n) is 6.18. The maximum absolute atomic E-state index is 11.7. The van der Waals surface area contributed by atoms with Gasteiger partial charge in [-0.05, 0) is 44.9 Å². The van der Waals surface area contributed by atoms with Crippen molar-refractivity contribution in [2.24, 2.45) is 0 Å². The maximum atomic E-state index is 11.7. The van der Waals surface area contributed by atoms with Crippen molar-refractivity contribution in [2.45, 2.75) is 32.7 Å². The number of carbonyl (C=O) groups excluding carboxylic acids is 1. The largest absolute Gasteiger partial charge is 0.486 e. The minimum absolute atomic E-state index is 0.0162. The summed E-state index contributed by atoms with van der Waals surface area (Å²) in [5.41, 5.74) is 1.08. The SMILES string of the molecule is CC(C)(C)NCC(=O)NCCc1ccc2c(c1)OCCO2. The van der Waals surface area contributed by atoms with Gasteiger partial charge in [-0.1, -0.05) is 6.07 Å². The van der Waals surface area contributed by atoms with Gasteiger partial charge in [0, 0.05) is 12.1 Å². The van der Waals surface area contributed by atoms with E-state index in [1.54, 1.807) is 0 Å². The summed E-state index contributed by atoms with van der Waals surface area (Å²) in [6, 6.07) is 5.91. The van der Waals surface area contributed by atoms with Crippen LogP contribution in [0.15, 0.2) is 18.2 Å². The van der Waals surface area contributed by atoms with E-state index in [0.29, 0.717) is 26.3 Å². The first-order valence-electron chi connectivity index (χ1n) is 7.34. The molecule has 2 rings (SSSR count). The number of carbonyl (C=O) groups is 1. The molecule has 1 heterocycles. The molecular weight excluding hydrogens is 268 g/mol. The maximum Gasteiger partial charge on any atom is 0.233 e. The molecule has 0 spiro atoms. The number of amides is 1. The number of ether oxygens (including phenoxy) is 2. The Morgan fingerprint density at radius 1 is 1.19 bits per heavy atom. The van der Waals surface area contributed by atoms with Crippen LogP contribution in [0, 0.1) is 0 Å². The van der Waals surface area contributed by atoms with Crippen LogP contribution < -0.4 is 20.1 Å². The molecule has 1 amide bonds. The molecule has 21 heavy (non-hydrogen) atoms. The van der Waals surface area contributed by atoms with Crippen molar-refractivity contribution in [1.82, 2.24) is 10.6 Å². The Hall–Kier alpha value is -1.75. The molecular formula is C16H24N2O3. The zero-order valence-corrected chi connectivity index (χ0v) is 13.0. The third-order valence-corrected chi connectivity index (χ3v) is 3.12. The van der Waals surface area contributed by atoms with Crippen LogP contribution in [0.3, 0.4) is 0 Å². The van der Waals surface area contributed by atoms with E-state index in [4.69, 9.17) is 9.47 Å². The molecule has 5 nitrogen and oxygen atoms in total. The number of hydrogen-bond acceptors (Lipinski definition) is 4. The predicted octanol–water partition coefficient (Wildman–Crippen LogP) is 1.50. The molecule has 0 fully saturated rings. The third kappa shape index (κ3) is 5.27. The van der Waals surface area contributed by atoms with E-state index in [2.05, 4.69) is 10.6 Å². The van der Waals surface area contributed by atoms with Crippen LogP contribution in [-0.4, -0.2) is 37.7 Å². The molecule has 1 aromatic carbocycles. The van der Waals surface area contributed by atoms with Crippen molar-refractivity contribution < 1.29 is 14.3 Å². The van der Waals surface area contributed by atoms with Gasteiger partial charge < -0.3 is 20.1 Å². The van der Waals surface area contributed by atoms with E-state index in [0.717, 1.165) is 23.5 Å². The van der Waals surface area contributed by atoms with Gasteiger partial charge in [-0.3, -0.25) is 4.79 Å². The first-order valence-corrected chi connectivity index (χ1v) is 7.34. The van der Waals surface area contributed by atoms with E-state index in [-0.39, 0.29) is 11.4 Å². The fraction of sp³-hybridized carbons (Fsp3) is 0.562. The normalized spacial score (nSPS) is 13.9. The van der Waals surface area contributed by atoms with Crippen molar-refractivity contribution in [3.63, 3.8) is 0 Å². The van der Waals surface area contributed by atoms with Gasteiger partial charge in [0.05, 0.1) is 6.54 Å². The van der Waals surface area contributed by atoms with Crippen LogP contribution in [0.5, 0.6) is 11.5 Å². The van der Waals surface area contributed by atoms with E-state index in [9.17, 15) is 4.79 Å². The van der Waals surface area contributed by atoms with E-state index < -0.39 is 0 Å². The van der Waals surface area contributed by atoms with E-state index in [1.807, 2.05) is 39.0 Å². The Labute approximate surface area is 126 Å². The smallest absolute Gasteiger partial charge is 0.233 e. The summed E-state index contributed by atoms with van der Waals surface area (Å²) in [5, 5.41) is 6.07. The molecule has 5 heteroatoms. The van der Waals surface area contributed by atoms with Crippen molar-refractivity contribution in [3.05, 3.63) is 23.8 Å². The Morgan fingerprint density at radius 3 is 2.62 bits per heavy atom. The lowest BCUT2D eigenvalue weighted by molar-refractivity contribution is -0.120. The average molecular weight is 292 g/mol. The molecule has 1 aromatic rings. The summed E-state index contributed by atoms with van der Waals surface area (Å²) in [6.07, 6.45) is 0.776. The average Bonchev–Trinajstić information content (AvgIpc) is 2.44. The molecule has 2 N–H and O–H groups in total. The Kier molecular flexibility index (Phi) is 5.07. The number of benzene rings is 1. The summed E-state index contributed by atoms with van der Waals surface area (Å²) >= 11 is 0. The van der Waals surface area contributed by atoms with Crippen LogP contribution in [0.25, 0.3) is 0 Å². The molecule has 1 aliphatic heterocycles. The number of rotatable bonds is 5. The zero-order chi connectivity index (χ0) is 15.3. The van der Waals surface area contributed by atoms with Crippen molar-refractivity contribution in [2.75, 3.05) is 26.3 Å². The van der Waals surface area contributed by atoms with Gasteiger partial charge in [-0.25, -0.2) is 0 Å². The number of hydrogen-bond donors (Lipinski definition) is 2. The van der Waals surface area contributed by atoms with Crippen LogP contribution in [0.4, 0.5) is 0 Å². The summed E-state index contributed by atoms with van der Waals surface area (Å²) < 4.78 is 11.0. The molecule has 116 valence electrons. The quantitative estimate of drug-likeness (QED) is 0.863. The number of fused-ring (bicyclic) bond motifs is 1. The van der Waals surface area contributed by atoms with Gasteiger partial charge in [0.25, 0.3) is 0 Å². The molecule has 0 atom stereocenters. The lowest BCUT2D eigenvalue weighted by atomic mass is 10.1. The lowest BCUT2D eigenvalue weighted by Gasteiger charge is -2.20. The Bertz CT molecular complexity index is 495. The molecule has 0 aromatic heterocycles. The fourth-order valence-electron chi connectivity index (χ4n) is 2.00. The van der Waals surface area contributed by atoms with Crippen LogP contribution in [-0.2, 0) is 11.2 Å². The van der Waals surface area contributed by atoms with Crippen LogP contribution in [0.2, 0.25) is 0 Å². The zero-order valence-electron chi connectivity index (χ0n) is 13.0. The topological polar surface area (TPSA) is 59.6 Å². The second-order valence-corrected chi connectivity index (χ2v) is 6.18. The summed E-state index contributed by atoms with van der Waals surface area (Å²) in [5.74, 6) is 1.60. The molecule has 0 bridgehead atoms. The van der Waals surface area contributed by atoms with Gasteiger partial charge in [0.15, 0.2) is 11.5 Å². The van der Waals surface area contributed by atoms with Crippen molar-refractivity contribution >= 4 is 5.91 Å². The highest BCUT2D eigenvalue weighted by molar-refractivity contribution is 5.78. The third-order valence-electron chi connectivity index (χ3n) is 3.12. The van der Waals surface area contributed by atoms with Gasteiger partial charge in [0.2, 0.25) is 5.91 Å². The lowest BCUT2D eigenvalue weighted by Crippen LogP contribution is -2.43. The van der Waals surface area contributed by atoms with E-state index >= 15 is 0 Å². The molecule has 0 aliphatic carbocycles. The number of nitrogens with one attached hydrogen (secondary N) is 2. The van der Waals surface area contributed by atoms with Gasteiger partial charge in [-0.15, -0.1) is 0 Å². The van der Waals surface area contributed by atoms with Gasteiger partial charge in [-0.2, -0.15) is 0 Å². The molecule has 0 unspecified atom stereocenters. The molecule has 0 radical (unpaired) electrons. The first-order chi connectivity index (χ1) is 9.94. The van der Waals surface area contributed by atoms with Crippen LogP contribution >= 0.6 is 0 Å². The minimum atomic E-state index is -0.0484. The standard InChI is InChI=1S/C16H24N2O3/c1-16(2,3)18-11-15(19)17-7-6-12-4-5-13-14(10-12)21-9-8-20-13/h4-5,10,18H,6-9,11H2,1-3H3,(H,17,19).